The first-order chi connectivity index (χ1) is 8.54. The van der Waals surface area contributed by atoms with Gasteiger partial charge in [-0.25, -0.2) is 8.78 Å². The van der Waals surface area contributed by atoms with Crippen LogP contribution in [0, 0.1) is 11.6 Å². The van der Waals surface area contributed by atoms with Crippen molar-refractivity contribution in [2.45, 2.75) is 6.04 Å². The van der Waals surface area contributed by atoms with Crippen LogP contribution in [-0.2, 0) is 0 Å². The SMILES string of the molecule is N[C@@H](CO)c1nc(-c2ccc(F)c(F)c2Br)no1. The highest BCUT2D eigenvalue weighted by Gasteiger charge is 2.19. The first-order valence-corrected chi connectivity index (χ1v) is 5.67. The summed E-state index contributed by atoms with van der Waals surface area (Å²) < 4.78 is 31.0. The van der Waals surface area contributed by atoms with Crippen LogP contribution in [-0.4, -0.2) is 21.9 Å². The number of benzene rings is 1. The van der Waals surface area contributed by atoms with E-state index in [2.05, 4.69) is 26.1 Å². The fourth-order valence-electron chi connectivity index (χ4n) is 1.27. The quantitative estimate of drug-likeness (QED) is 0.842. The van der Waals surface area contributed by atoms with Crippen molar-refractivity contribution in [2.75, 3.05) is 6.61 Å². The number of nitrogens with zero attached hydrogens (tertiary/aromatic N) is 2. The van der Waals surface area contributed by atoms with E-state index in [1.165, 1.54) is 6.07 Å². The molecule has 1 aromatic carbocycles. The van der Waals surface area contributed by atoms with E-state index in [1.54, 1.807) is 0 Å². The van der Waals surface area contributed by atoms with E-state index < -0.39 is 17.7 Å². The van der Waals surface area contributed by atoms with E-state index in [4.69, 9.17) is 15.4 Å². The average Bonchev–Trinajstić information content (AvgIpc) is 2.84. The zero-order valence-electron chi connectivity index (χ0n) is 8.90. The maximum Gasteiger partial charge on any atom is 0.246 e. The second-order valence-corrected chi connectivity index (χ2v) is 4.26. The second kappa shape index (κ2) is 5.09. The van der Waals surface area contributed by atoms with Gasteiger partial charge in [0.05, 0.1) is 11.1 Å². The molecule has 0 bridgehead atoms. The van der Waals surface area contributed by atoms with Gasteiger partial charge in [-0.1, -0.05) is 5.16 Å². The number of hydrogen-bond donors (Lipinski definition) is 2. The molecule has 0 amide bonds. The number of aliphatic hydroxyl groups excluding tert-OH is 1. The highest BCUT2D eigenvalue weighted by Crippen LogP contribution is 2.30. The molecule has 0 radical (unpaired) electrons. The molecule has 0 aliphatic heterocycles. The van der Waals surface area contributed by atoms with Crippen LogP contribution in [0.15, 0.2) is 21.1 Å². The highest BCUT2D eigenvalue weighted by atomic mass is 79.9. The maximum absolute atomic E-state index is 13.3. The highest BCUT2D eigenvalue weighted by molar-refractivity contribution is 9.10. The molecule has 0 saturated heterocycles. The molecule has 1 heterocycles. The summed E-state index contributed by atoms with van der Waals surface area (Å²) >= 11 is 2.91. The fourth-order valence-corrected chi connectivity index (χ4v) is 1.77. The van der Waals surface area contributed by atoms with Gasteiger partial charge in [-0.15, -0.1) is 0 Å². The summed E-state index contributed by atoms with van der Waals surface area (Å²) in [5.74, 6) is -1.95. The van der Waals surface area contributed by atoms with Gasteiger partial charge in [0, 0.05) is 5.56 Å². The standard InChI is InChI=1S/C10H8BrF2N3O2/c11-7-4(1-2-5(12)8(7)13)9-15-10(18-16-9)6(14)3-17/h1-2,6,17H,3,14H2/t6-/m0/s1. The van der Waals surface area contributed by atoms with E-state index in [-0.39, 0.29) is 28.4 Å². The van der Waals surface area contributed by atoms with Crippen LogP contribution in [0.3, 0.4) is 0 Å². The van der Waals surface area contributed by atoms with E-state index in [9.17, 15) is 8.78 Å². The molecule has 1 aromatic heterocycles. The van der Waals surface area contributed by atoms with Gasteiger partial charge in [-0.3, -0.25) is 0 Å². The van der Waals surface area contributed by atoms with Gasteiger partial charge in [-0.05, 0) is 28.1 Å². The Hall–Kier alpha value is -1.38. The monoisotopic (exact) mass is 319 g/mol. The van der Waals surface area contributed by atoms with Crippen LogP contribution in [0.5, 0.6) is 0 Å². The minimum Gasteiger partial charge on any atom is -0.394 e. The third kappa shape index (κ3) is 2.26. The zero-order valence-corrected chi connectivity index (χ0v) is 10.5. The largest absolute Gasteiger partial charge is 0.394 e. The lowest BCUT2D eigenvalue weighted by Gasteiger charge is -2.01. The third-order valence-electron chi connectivity index (χ3n) is 2.23. The fraction of sp³-hybridized carbons (Fsp3) is 0.200. The molecule has 0 spiro atoms. The van der Waals surface area contributed by atoms with Gasteiger partial charge in [0.1, 0.15) is 6.04 Å². The normalized spacial score (nSPS) is 12.7. The summed E-state index contributed by atoms with van der Waals surface area (Å²) in [6, 6.07) is 1.45. The summed E-state index contributed by atoms with van der Waals surface area (Å²) in [7, 11) is 0. The topological polar surface area (TPSA) is 85.2 Å². The van der Waals surface area contributed by atoms with Crippen molar-refractivity contribution >= 4 is 15.9 Å². The number of hydrogen-bond acceptors (Lipinski definition) is 5. The van der Waals surface area contributed by atoms with Gasteiger partial charge >= 0.3 is 0 Å². The molecule has 0 aliphatic carbocycles. The Bertz CT molecular complexity index is 576. The molecule has 5 nitrogen and oxygen atoms in total. The van der Waals surface area contributed by atoms with Crippen molar-refractivity contribution in [3.63, 3.8) is 0 Å². The Morgan fingerprint density at radius 2 is 2.17 bits per heavy atom. The van der Waals surface area contributed by atoms with E-state index in [1.807, 2.05) is 0 Å². The molecule has 0 fully saturated rings. The van der Waals surface area contributed by atoms with E-state index in [0.29, 0.717) is 0 Å². The molecule has 2 aromatic rings. The number of aromatic nitrogens is 2. The molecular formula is C10H8BrF2N3O2. The van der Waals surface area contributed by atoms with Crippen molar-refractivity contribution in [1.82, 2.24) is 10.1 Å². The molecule has 0 unspecified atom stereocenters. The lowest BCUT2D eigenvalue weighted by molar-refractivity contribution is 0.237. The molecular weight excluding hydrogens is 312 g/mol. The van der Waals surface area contributed by atoms with E-state index in [0.717, 1.165) is 6.07 Å². The summed E-state index contributed by atoms with van der Waals surface area (Å²) in [6.45, 7) is -0.361. The minimum atomic E-state index is -1.04. The van der Waals surface area contributed by atoms with Crippen molar-refractivity contribution in [3.8, 4) is 11.4 Å². The van der Waals surface area contributed by atoms with Crippen molar-refractivity contribution in [3.05, 3.63) is 34.1 Å². The maximum atomic E-state index is 13.3. The smallest absolute Gasteiger partial charge is 0.246 e. The Labute approximate surface area is 109 Å². The molecule has 8 heteroatoms. The lowest BCUT2D eigenvalue weighted by atomic mass is 10.2. The summed E-state index contributed by atoms with van der Waals surface area (Å²) in [6.07, 6.45) is 0. The van der Waals surface area contributed by atoms with E-state index >= 15 is 0 Å². The lowest BCUT2D eigenvalue weighted by Crippen LogP contribution is -2.14. The number of halogens is 3. The van der Waals surface area contributed by atoms with Crippen LogP contribution in [0.4, 0.5) is 8.78 Å². The average molecular weight is 320 g/mol. The van der Waals surface area contributed by atoms with Gasteiger partial charge in [-0.2, -0.15) is 4.98 Å². The van der Waals surface area contributed by atoms with Crippen molar-refractivity contribution in [1.29, 1.82) is 0 Å². The van der Waals surface area contributed by atoms with Crippen LogP contribution < -0.4 is 5.73 Å². The van der Waals surface area contributed by atoms with Gasteiger partial charge in [0.15, 0.2) is 11.6 Å². The number of rotatable bonds is 3. The Morgan fingerprint density at radius 1 is 1.44 bits per heavy atom. The van der Waals surface area contributed by atoms with Gasteiger partial charge in [0.2, 0.25) is 11.7 Å². The first kappa shape index (κ1) is 13.1. The number of aliphatic hydroxyl groups is 1. The summed E-state index contributed by atoms with van der Waals surface area (Å²) in [4.78, 5) is 3.90. The molecule has 0 saturated carbocycles. The first-order valence-electron chi connectivity index (χ1n) is 4.88. The summed E-state index contributed by atoms with van der Waals surface area (Å²) in [5, 5.41) is 12.4. The molecule has 96 valence electrons. The van der Waals surface area contributed by atoms with Crippen LogP contribution in [0.1, 0.15) is 11.9 Å². The molecule has 0 aliphatic rings. The summed E-state index contributed by atoms with van der Waals surface area (Å²) in [5.41, 5.74) is 5.72. The van der Waals surface area contributed by atoms with Crippen molar-refractivity contribution < 1.29 is 18.4 Å². The molecule has 1 atom stereocenters. The zero-order chi connectivity index (χ0) is 13.3. The Kier molecular flexibility index (Phi) is 3.69. The number of nitrogens with two attached hydrogens (primary N) is 1. The van der Waals surface area contributed by atoms with Crippen LogP contribution in [0.2, 0.25) is 0 Å². The second-order valence-electron chi connectivity index (χ2n) is 3.47. The van der Waals surface area contributed by atoms with Crippen LogP contribution >= 0.6 is 15.9 Å². The minimum absolute atomic E-state index is 0.0177. The Morgan fingerprint density at radius 3 is 2.83 bits per heavy atom. The Balaban J connectivity index is 2.43. The molecule has 2 rings (SSSR count). The van der Waals surface area contributed by atoms with Crippen LogP contribution in [0.25, 0.3) is 11.4 Å². The van der Waals surface area contributed by atoms with Gasteiger partial charge in [0.25, 0.3) is 0 Å². The molecule has 18 heavy (non-hydrogen) atoms. The third-order valence-corrected chi connectivity index (χ3v) is 3.01. The van der Waals surface area contributed by atoms with Crippen molar-refractivity contribution in [2.24, 2.45) is 5.73 Å². The molecule has 3 N–H and O–H groups in total. The van der Waals surface area contributed by atoms with Gasteiger partial charge < -0.3 is 15.4 Å². The predicted molar refractivity (Wildman–Crippen MR) is 61.4 cm³/mol. The predicted octanol–water partition coefficient (Wildman–Crippen LogP) is 1.77.